The average Bonchev–Trinajstić information content (AvgIpc) is 2.69. The number of hydrogen-bond donors (Lipinski definition) is 0. The van der Waals surface area contributed by atoms with E-state index in [0.717, 1.165) is 23.3 Å². The third-order valence-corrected chi connectivity index (χ3v) is 3.85. The second-order valence-corrected chi connectivity index (χ2v) is 4.93. The van der Waals surface area contributed by atoms with Gasteiger partial charge in [0.2, 0.25) is 0 Å². The van der Waals surface area contributed by atoms with Crippen LogP contribution in [-0.4, -0.2) is 14.8 Å². The molecule has 0 radical (unpaired) electrons. The van der Waals surface area contributed by atoms with Crippen LogP contribution < -0.4 is 0 Å². The standard InChI is InChI=1S/C13H17N3S/c1-4-16-11(3)14-15-13(16)17-9-12-8-6-5-7-10(12)2/h5-8H,4,9H2,1-3H3. The maximum Gasteiger partial charge on any atom is 0.191 e. The summed E-state index contributed by atoms with van der Waals surface area (Å²) in [7, 11) is 0. The van der Waals surface area contributed by atoms with Crippen molar-refractivity contribution >= 4 is 11.8 Å². The van der Waals surface area contributed by atoms with E-state index in [0.29, 0.717) is 0 Å². The van der Waals surface area contributed by atoms with Crippen LogP contribution in [0.3, 0.4) is 0 Å². The van der Waals surface area contributed by atoms with Crippen molar-refractivity contribution in [1.29, 1.82) is 0 Å². The molecule has 3 nitrogen and oxygen atoms in total. The number of rotatable bonds is 4. The quantitative estimate of drug-likeness (QED) is 0.777. The molecule has 0 amide bonds. The molecule has 0 aliphatic heterocycles. The summed E-state index contributed by atoms with van der Waals surface area (Å²) in [5.41, 5.74) is 2.69. The summed E-state index contributed by atoms with van der Waals surface area (Å²) in [6.45, 7) is 7.18. The van der Waals surface area contributed by atoms with Crippen molar-refractivity contribution in [2.45, 2.75) is 38.2 Å². The fraction of sp³-hybridized carbons (Fsp3) is 0.385. The van der Waals surface area contributed by atoms with Gasteiger partial charge in [0.15, 0.2) is 5.16 Å². The first-order chi connectivity index (χ1) is 8.22. The van der Waals surface area contributed by atoms with Crippen LogP contribution in [0.5, 0.6) is 0 Å². The largest absolute Gasteiger partial charge is 0.307 e. The van der Waals surface area contributed by atoms with E-state index >= 15 is 0 Å². The summed E-state index contributed by atoms with van der Waals surface area (Å²) in [5.74, 6) is 1.94. The van der Waals surface area contributed by atoms with E-state index in [9.17, 15) is 0 Å². The molecule has 0 saturated carbocycles. The number of hydrogen-bond acceptors (Lipinski definition) is 3. The summed E-state index contributed by atoms with van der Waals surface area (Å²) in [6, 6.07) is 8.47. The first kappa shape index (κ1) is 12.2. The highest BCUT2D eigenvalue weighted by Gasteiger charge is 2.08. The van der Waals surface area contributed by atoms with Gasteiger partial charge >= 0.3 is 0 Å². The zero-order chi connectivity index (χ0) is 12.3. The molecule has 0 fully saturated rings. The van der Waals surface area contributed by atoms with Gasteiger partial charge in [0, 0.05) is 12.3 Å². The molecule has 0 unspecified atom stereocenters. The van der Waals surface area contributed by atoms with E-state index in [2.05, 4.69) is 52.9 Å². The first-order valence-electron chi connectivity index (χ1n) is 5.79. The third kappa shape index (κ3) is 2.69. The van der Waals surface area contributed by atoms with E-state index in [1.54, 1.807) is 11.8 Å². The monoisotopic (exact) mass is 247 g/mol. The molecule has 1 aromatic carbocycles. The summed E-state index contributed by atoms with van der Waals surface area (Å²) in [5, 5.41) is 9.33. The summed E-state index contributed by atoms with van der Waals surface area (Å²) >= 11 is 1.75. The molecule has 0 bridgehead atoms. The fourth-order valence-electron chi connectivity index (χ4n) is 1.75. The minimum atomic E-state index is 0.926. The van der Waals surface area contributed by atoms with Crippen LogP contribution >= 0.6 is 11.8 Å². The van der Waals surface area contributed by atoms with E-state index in [-0.39, 0.29) is 0 Å². The van der Waals surface area contributed by atoms with Crippen LogP contribution in [0.2, 0.25) is 0 Å². The molecule has 0 N–H and O–H groups in total. The van der Waals surface area contributed by atoms with Crippen LogP contribution in [0, 0.1) is 13.8 Å². The van der Waals surface area contributed by atoms with Crippen molar-refractivity contribution in [2.24, 2.45) is 0 Å². The van der Waals surface area contributed by atoms with Gasteiger partial charge in [0.1, 0.15) is 5.82 Å². The van der Waals surface area contributed by atoms with Crippen LogP contribution in [0.4, 0.5) is 0 Å². The Bertz CT molecular complexity index is 505. The number of benzene rings is 1. The Morgan fingerprint density at radius 1 is 1.18 bits per heavy atom. The number of nitrogens with zero attached hydrogens (tertiary/aromatic N) is 3. The van der Waals surface area contributed by atoms with Gasteiger partial charge in [-0.1, -0.05) is 36.0 Å². The van der Waals surface area contributed by atoms with Gasteiger partial charge in [-0.25, -0.2) is 0 Å². The molecule has 4 heteroatoms. The van der Waals surface area contributed by atoms with Crippen molar-refractivity contribution in [3.05, 3.63) is 41.2 Å². The predicted molar refractivity (Wildman–Crippen MR) is 71.2 cm³/mol. The third-order valence-electron chi connectivity index (χ3n) is 2.84. The molecule has 90 valence electrons. The summed E-state index contributed by atoms with van der Waals surface area (Å²) < 4.78 is 2.14. The van der Waals surface area contributed by atoms with E-state index < -0.39 is 0 Å². The molecular weight excluding hydrogens is 230 g/mol. The molecular formula is C13H17N3S. The Labute approximate surface area is 106 Å². The normalized spacial score (nSPS) is 10.8. The lowest BCUT2D eigenvalue weighted by Gasteiger charge is -2.06. The molecule has 0 aliphatic rings. The maximum atomic E-state index is 4.21. The van der Waals surface area contributed by atoms with Crippen molar-refractivity contribution in [3.8, 4) is 0 Å². The van der Waals surface area contributed by atoms with Gasteiger partial charge in [0.25, 0.3) is 0 Å². The minimum absolute atomic E-state index is 0.926. The minimum Gasteiger partial charge on any atom is -0.307 e. The number of aromatic nitrogens is 3. The Morgan fingerprint density at radius 2 is 1.94 bits per heavy atom. The van der Waals surface area contributed by atoms with Crippen molar-refractivity contribution in [3.63, 3.8) is 0 Å². The van der Waals surface area contributed by atoms with Gasteiger partial charge in [-0.05, 0) is 31.9 Å². The average molecular weight is 247 g/mol. The molecule has 1 aromatic heterocycles. The van der Waals surface area contributed by atoms with Gasteiger partial charge in [-0.3, -0.25) is 0 Å². The van der Waals surface area contributed by atoms with Gasteiger partial charge < -0.3 is 4.57 Å². The molecule has 0 aliphatic carbocycles. The maximum absolute atomic E-state index is 4.21. The Hall–Kier alpha value is -1.29. The van der Waals surface area contributed by atoms with Crippen LogP contribution in [-0.2, 0) is 12.3 Å². The molecule has 17 heavy (non-hydrogen) atoms. The van der Waals surface area contributed by atoms with Crippen LogP contribution in [0.15, 0.2) is 29.4 Å². The highest BCUT2D eigenvalue weighted by atomic mass is 32.2. The van der Waals surface area contributed by atoms with Gasteiger partial charge in [-0.15, -0.1) is 10.2 Å². The molecule has 2 aromatic rings. The number of aryl methyl sites for hydroxylation is 2. The van der Waals surface area contributed by atoms with Crippen LogP contribution in [0.1, 0.15) is 23.9 Å². The zero-order valence-electron chi connectivity index (χ0n) is 10.5. The topological polar surface area (TPSA) is 30.7 Å². The van der Waals surface area contributed by atoms with E-state index in [1.165, 1.54) is 11.1 Å². The fourth-order valence-corrected chi connectivity index (χ4v) is 2.87. The Morgan fingerprint density at radius 3 is 2.65 bits per heavy atom. The zero-order valence-corrected chi connectivity index (χ0v) is 11.3. The molecule has 0 spiro atoms. The van der Waals surface area contributed by atoms with Gasteiger partial charge in [-0.2, -0.15) is 0 Å². The van der Waals surface area contributed by atoms with Crippen molar-refractivity contribution < 1.29 is 0 Å². The van der Waals surface area contributed by atoms with Gasteiger partial charge in [0.05, 0.1) is 0 Å². The second kappa shape index (κ2) is 5.36. The Balaban J connectivity index is 2.10. The number of thioether (sulfide) groups is 1. The summed E-state index contributed by atoms with van der Waals surface area (Å²) in [4.78, 5) is 0. The van der Waals surface area contributed by atoms with E-state index in [4.69, 9.17) is 0 Å². The predicted octanol–water partition coefficient (Wildman–Crippen LogP) is 3.21. The van der Waals surface area contributed by atoms with E-state index in [1.807, 2.05) is 6.92 Å². The second-order valence-electron chi connectivity index (χ2n) is 3.99. The van der Waals surface area contributed by atoms with Crippen molar-refractivity contribution in [1.82, 2.24) is 14.8 Å². The highest BCUT2D eigenvalue weighted by Crippen LogP contribution is 2.23. The SMILES string of the molecule is CCn1c(C)nnc1SCc1ccccc1C. The highest BCUT2D eigenvalue weighted by molar-refractivity contribution is 7.98. The first-order valence-corrected chi connectivity index (χ1v) is 6.78. The molecule has 1 heterocycles. The smallest absolute Gasteiger partial charge is 0.191 e. The van der Waals surface area contributed by atoms with Crippen molar-refractivity contribution in [2.75, 3.05) is 0 Å². The lowest BCUT2D eigenvalue weighted by Crippen LogP contribution is -1.99. The summed E-state index contributed by atoms with van der Waals surface area (Å²) in [6.07, 6.45) is 0. The molecule has 2 rings (SSSR count). The Kier molecular flexibility index (Phi) is 3.84. The lowest BCUT2D eigenvalue weighted by molar-refractivity contribution is 0.662. The lowest BCUT2D eigenvalue weighted by atomic mass is 10.1. The van der Waals surface area contributed by atoms with Crippen LogP contribution in [0.25, 0.3) is 0 Å². The molecule has 0 atom stereocenters. The molecule has 0 saturated heterocycles.